The van der Waals surface area contributed by atoms with Gasteiger partial charge in [0.25, 0.3) is 0 Å². The number of nitrogens with zero attached hydrogens (tertiary/aromatic N) is 3. The third kappa shape index (κ3) is 2.82. The van der Waals surface area contributed by atoms with Crippen molar-refractivity contribution in [3.8, 4) is 6.07 Å². The van der Waals surface area contributed by atoms with E-state index < -0.39 is 0 Å². The number of aromatic nitrogens is 1. The number of hydrogen-bond donors (Lipinski definition) is 1. The molecule has 1 fully saturated rings. The zero-order valence-corrected chi connectivity index (χ0v) is 10.2. The van der Waals surface area contributed by atoms with E-state index in [1.165, 1.54) is 19.3 Å². The minimum atomic E-state index is 0.336. The minimum Gasteiger partial charge on any atom is -0.263 e. The first-order valence-corrected chi connectivity index (χ1v) is 6.14. The molecular weight excluding hydrogens is 212 g/mol. The Hall–Kier alpha value is -1.44. The predicted octanol–water partition coefficient (Wildman–Crippen LogP) is 2.00. The van der Waals surface area contributed by atoms with Crippen LogP contribution in [0.25, 0.3) is 0 Å². The van der Waals surface area contributed by atoms with Crippen LogP contribution >= 0.6 is 0 Å². The summed E-state index contributed by atoms with van der Waals surface area (Å²) in [6, 6.07) is 4.44. The summed E-state index contributed by atoms with van der Waals surface area (Å²) in [4.78, 5) is 4.15. The lowest BCUT2D eigenvalue weighted by Gasteiger charge is -2.29. The second kappa shape index (κ2) is 5.76. The van der Waals surface area contributed by atoms with Gasteiger partial charge in [0.15, 0.2) is 0 Å². The van der Waals surface area contributed by atoms with Crippen LogP contribution in [0.2, 0.25) is 0 Å². The quantitative estimate of drug-likeness (QED) is 0.844. The van der Waals surface area contributed by atoms with Crippen LogP contribution in [0.5, 0.6) is 0 Å². The van der Waals surface area contributed by atoms with Crippen LogP contribution in [-0.4, -0.2) is 23.6 Å². The Balaban J connectivity index is 2.25. The molecule has 0 radical (unpaired) electrons. The van der Waals surface area contributed by atoms with Gasteiger partial charge in [-0.25, -0.2) is 5.01 Å². The molecule has 0 aliphatic carbocycles. The van der Waals surface area contributed by atoms with E-state index in [4.69, 9.17) is 5.26 Å². The molecule has 1 unspecified atom stereocenters. The molecule has 1 saturated heterocycles. The number of nitriles is 1. The molecule has 1 aromatic rings. The summed E-state index contributed by atoms with van der Waals surface area (Å²) in [6.45, 7) is 1.05. The van der Waals surface area contributed by atoms with Crippen molar-refractivity contribution >= 4 is 0 Å². The van der Waals surface area contributed by atoms with Crippen LogP contribution in [0.1, 0.15) is 42.9 Å². The summed E-state index contributed by atoms with van der Waals surface area (Å²) >= 11 is 0. The molecule has 0 bridgehead atoms. The number of pyridine rings is 1. The summed E-state index contributed by atoms with van der Waals surface area (Å²) < 4.78 is 0. The zero-order chi connectivity index (χ0) is 12.1. The van der Waals surface area contributed by atoms with Crippen molar-refractivity contribution in [2.75, 3.05) is 13.6 Å². The second-order valence-corrected chi connectivity index (χ2v) is 4.40. The van der Waals surface area contributed by atoms with E-state index in [0.717, 1.165) is 18.5 Å². The summed E-state index contributed by atoms with van der Waals surface area (Å²) in [5.74, 6) is 0. The van der Waals surface area contributed by atoms with Crippen LogP contribution < -0.4 is 5.43 Å². The molecule has 1 aliphatic heterocycles. The lowest BCUT2D eigenvalue weighted by molar-refractivity contribution is 0.142. The standard InChI is InChI=1S/C13H18N4/c1-15-17-6-4-2-3-5-13(17)12-7-11(8-14)9-16-10-12/h7,9-10,13,15H,2-6H2,1H3. The fourth-order valence-electron chi connectivity index (χ4n) is 2.42. The molecule has 2 rings (SSSR count). The van der Waals surface area contributed by atoms with E-state index in [0.29, 0.717) is 11.6 Å². The van der Waals surface area contributed by atoms with Crippen molar-refractivity contribution in [2.45, 2.75) is 31.7 Å². The highest BCUT2D eigenvalue weighted by Crippen LogP contribution is 2.28. The first-order valence-electron chi connectivity index (χ1n) is 6.14. The summed E-state index contributed by atoms with van der Waals surface area (Å²) in [6.07, 6.45) is 8.35. The Bertz CT molecular complexity index is 410. The fraction of sp³-hybridized carbons (Fsp3) is 0.538. The van der Waals surface area contributed by atoms with Gasteiger partial charge in [-0.3, -0.25) is 10.4 Å². The first kappa shape index (κ1) is 12.0. The summed E-state index contributed by atoms with van der Waals surface area (Å²) in [5.41, 5.74) is 5.03. The molecule has 0 saturated carbocycles. The topological polar surface area (TPSA) is 52.0 Å². The molecule has 0 aromatic carbocycles. The Morgan fingerprint density at radius 1 is 1.41 bits per heavy atom. The third-order valence-corrected chi connectivity index (χ3v) is 3.31. The fourth-order valence-corrected chi connectivity index (χ4v) is 2.42. The smallest absolute Gasteiger partial charge is 0.101 e. The lowest BCUT2D eigenvalue weighted by atomic mass is 10.0. The first-order chi connectivity index (χ1) is 8.35. The molecule has 0 amide bonds. The van der Waals surface area contributed by atoms with Gasteiger partial charge in [0.05, 0.1) is 11.6 Å². The number of rotatable bonds is 2. The molecule has 1 atom stereocenters. The van der Waals surface area contributed by atoms with E-state index in [9.17, 15) is 0 Å². The maximum atomic E-state index is 8.92. The van der Waals surface area contributed by atoms with E-state index in [1.54, 1.807) is 6.20 Å². The van der Waals surface area contributed by atoms with Crippen LogP contribution in [0.3, 0.4) is 0 Å². The minimum absolute atomic E-state index is 0.336. The van der Waals surface area contributed by atoms with Gasteiger partial charge in [0.2, 0.25) is 0 Å². The average molecular weight is 230 g/mol. The van der Waals surface area contributed by atoms with Gasteiger partial charge >= 0.3 is 0 Å². The highest BCUT2D eigenvalue weighted by atomic mass is 15.5. The predicted molar refractivity (Wildman–Crippen MR) is 65.9 cm³/mol. The molecule has 90 valence electrons. The molecule has 17 heavy (non-hydrogen) atoms. The van der Waals surface area contributed by atoms with E-state index in [2.05, 4.69) is 21.5 Å². The summed E-state index contributed by atoms with van der Waals surface area (Å²) in [7, 11) is 1.96. The Labute approximate surface area is 102 Å². The number of hydrogen-bond acceptors (Lipinski definition) is 4. The lowest BCUT2D eigenvalue weighted by Crippen LogP contribution is -2.38. The normalized spacial score (nSPS) is 21.8. The van der Waals surface area contributed by atoms with E-state index in [-0.39, 0.29) is 0 Å². The van der Waals surface area contributed by atoms with E-state index in [1.807, 2.05) is 19.3 Å². The second-order valence-electron chi connectivity index (χ2n) is 4.40. The number of hydrazine groups is 1. The van der Waals surface area contributed by atoms with Gasteiger partial charge in [-0.1, -0.05) is 12.8 Å². The largest absolute Gasteiger partial charge is 0.263 e. The van der Waals surface area contributed by atoms with Crippen molar-refractivity contribution in [3.63, 3.8) is 0 Å². The molecule has 4 heteroatoms. The van der Waals surface area contributed by atoms with Gasteiger partial charge in [0.1, 0.15) is 6.07 Å². The van der Waals surface area contributed by atoms with Crippen molar-refractivity contribution in [1.29, 1.82) is 5.26 Å². The zero-order valence-electron chi connectivity index (χ0n) is 10.2. The molecule has 4 nitrogen and oxygen atoms in total. The highest BCUT2D eigenvalue weighted by Gasteiger charge is 2.21. The Kier molecular flexibility index (Phi) is 4.08. The molecule has 1 aromatic heterocycles. The van der Waals surface area contributed by atoms with E-state index >= 15 is 0 Å². The van der Waals surface area contributed by atoms with Crippen molar-refractivity contribution in [3.05, 3.63) is 29.6 Å². The van der Waals surface area contributed by atoms with Gasteiger partial charge in [-0.05, 0) is 31.5 Å². The van der Waals surface area contributed by atoms with Crippen molar-refractivity contribution in [2.24, 2.45) is 0 Å². The molecule has 0 spiro atoms. The molecular formula is C13H18N4. The van der Waals surface area contributed by atoms with Gasteiger partial charge in [-0.2, -0.15) is 5.26 Å². The van der Waals surface area contributed by atoms with Gasteiger partial charge < -0.3 is 0 Å². The SMILES string of the molecule is CNN1CCCCCC1c1cncc(C#N)c1. The van der Waals surface area contributed by atoms with Gasteiger partial charge in [0, 0.05) is 18.9 Å². The Morgan fingerprint density at radius 3 is 3.06 bits per heavy atom. The molecule has 1 aliphatic rings. The van der Waals surface area contributed by atoms with Crippen molar-refractivity contribution in [1.82, 2.24) is 15.4 Å². The van der Waals surface area contributed by atoms with Gasteiger partial charge in [-0.15, -0.1) is 0 Å². The molecule has 2 heterocycles. The maximum absolute atomic E-state index is 8.92. The maximum Gasteiger partial charge on any atom is 0.101 e. The summed E-state index contributed by atoms with van der Waals surface area (Å²) in [5, 5.41) is 11.2. The van der Waals surface area contributed by atoms with Crippen LogP contribution in [0.4, 0.5) is 0 Å². The monoisotopic (exact) mass is 230 g/mol. The third-order valence-electron chi connectivity index (χ3n) is 3.31. The molecule has 1 N–H and O–H groups in total. The van der Waals surface area contributed by atoms with Crippen molar-refractivity contribution < 1.29 is 0 Å². The van der Waals surface area contributed by atoms with Crippen LogP contribution in [-0.2, 0) is 0 Å². The average Bonchev–Trinajstić information content (AvgIpc) is 2.63. The highest BCUT2D eigenvalue weighted by molar-refractivity contribution is 5.30. The van der Waals surface area contributed by atoms with Crippen LogP contribution in [0.15, 0.2) is 18.5 Å². The Morgan fingerprint density at radius 2 is 2.29 bits per heavy atom. The number of nitrogens with one attached hydrogen (secondary N) is 1. The van der Waals surface area contributed by atoms with Crippen LogP contribution in [0, 0.1) is 11.3 Å².